The molecular weight excluding hydrogens is 336 g/mol. The highest BCUT2D eigenvalue weighted by atomic mass is 35.5. The zero-order valence-corrected chi connectivity index (χ0v) is 18.5. The van der Waals surface area contributed by atoms with Crippen molar-refractivity contribution in [1.82, 2.24) is 0 Å². The van der Waals surface area contributed by atoms with E-state index in [4.69, 9.17) is 11.6 Å². The maximum absolute atomic E-state index is 6.89. The van der Waals surface area contributed by atoms with Gasteiger partial charge in [-0.25, -0.2) is 0 Å². The molecule has 0 radical (unpaired) electrons. The summed E-state index contributed by atoms with van der Waals surface area (Å²) in [6.45, 7) is 6.70. The van der Waals surface area contributed by atoms with Crippen molar-refractivity contribution in [3.05, 3.63) is 35.4 Å². The fourth-order valence-electron chi connectivity index (χ4n) is 3.96. The third-order valence-corrected chi connectivity index (χ3v) is 6.66. The number of halogens is 1. The van der Waals surface area contributed by atoms with Gasteiger partial charge in [0.05, 0.1) is 4.87 Å². The van der Waals surface area contributed by atoms with Gasteiger partial charge in [-0.3, -0.25) is 0 Å². The van der Waals surface area contributed by atoms with E-state index in [1.165, 1.54) is 94.6 Å². The van der Waals surface area contributed by atoms with Crippen LogP contribution in [0.3, 0.4) is 0 Å². The second-order valence-corrected chi connectivity index (χ2v) is 8.69. The smallest absolute Gasteiger partial charge is 0.0692 e. The van der Waals surface area contributed by atoms with E-state index in [1.807, 2.05) is 0 Å². The average molecular weight is 379 g/mol. The van der Waals surface area contributed by atoms with Gasteiger partial charge in [-0.05, 0) is 36.8 Å². The molecule has 0 amide bonds. The molecule has 0 bridgehead atoms. The van der Waals surface area contributed by atoms with Gasteiger partial charge in [0.15, 0.2) is 0 Å². The fraction of sp³-hybridized carbons (Fsp3) is 0.760. The van der Waals surface area contributed by atoms with Crippen molar-refractivity contribution in [2.75, 3.05) is 0 Å². The van der Waals surface area contributed by atoms with Crippen LogP contribution in [0.15, 0.2) is 24.3 Å². The van der Waals surface area contributed by atoms with E-state index in [1.54, 1.807) is 0 Å². The number of hydrogen-bond acceptors (Lipinski definition) is 0. The fourth-order valence-corrected chi connectivity index (χ4v) is 4.15. The van der Waals surface area contributed by atoms with E-state index < -0.39 is 0 Å². The SMILES string of the molecule is CCCCCCCCCCCCCCc1ccccc1C(Cl)(CC)CC. The monoisotopic (exact) mass is 378 g/mol. The van der Waals surface area contributed by atoms with Gasteiger partial charge in [0.25, 0.3) is 0 Å². The third-order valence-electron chi connectivity index (χ3n) is 5.92. The largest absolute Gasteiger partial charge is 0.114 e. The molecule has 0 aromatic heterocycles. The van der Waals surface area contributed by atoms with Gasteiger partial charge in [-0.1, -0.05) is 116 Å². The third kappa shape index (κ3) is 8.94. The molecule has 0 nitrogen and oxygen atoms in total. The Bertz CT molecular complexity index is 447. The summed E-state index contributed by atoms with van der Waals surface area (Å²) in [7, 11) is 0. The van der Waals surface area contributed by atoms with Crippen molar-refractivity contribution in [1.29, 1.82) is 0 Å². The molecule has 1 rings (SSSR count). The first-order chi connectivity index (χ1) is 12.7. The summed E-state index contributed by atoms with van der Waals surface area (Å²) in [5, 5.41) is 0. The number of hydrogen-bond donors (Lipinski definition) is 0. The highest BCUT2D eigenvalue weighted by molar-refractivity contribution is 6.24. The predicted octanol–water partition coefficient (Wildman–Crippen LogP) is 9.18. The Morgan fingerprint density at radius 1 is 0.654 bits per heavy atom. The van der Waals surface area contributed by atoms with E-state index in [0.29, 0.717) is 0 Å². The highest BCUT2D eigenvalue weighted by Crippen LogP contribution is 2.38. The minimum absolute atomic E-state index is 0.173. The van der Waals surface area contributed by atoms with Gasteiger partial charge in [0.1, 0.15) is 0 Å². The van der Waals surface area contributed by atoms with Crippen molar-refractivity contribution in [3.8, 4) is 0 Å². The lowest BCUT2D eigenvalue weighted by atomic mass is 9.87. The van der Waals surface area contributed by atoms with Crippen LogP contribution >= 0.6 is 11.6 Å². The van der Waals surface area contributed by atoms with Gasteiger partial charge in [-0.2, -0.15) is 0 Å². The molecule has 0 saturated heterocycles. The summed E-state index contributed by atoms with van der Waals surface area (Å²) in [5.41, 5.74) is 2.84. The average Bonchev–Trinajstić information content (AvgIpc) is 2.68. The summed E-state index contributed by atoms with van der Waals surface area (Å²) in [6.07, 6.45) is 20.1. The number of alkyl halides is 1. The Hall–Kier alpha value is -0.490. The van der Waals surface area contributed by atoms with Gasteiger partial charge < -0.3 is 0 Å². The zero-order valence-electron chi connectivity index (χ0n) is 17.8. The van der Waals surface area contributed by atoms with Crippen LogP contribution in [0.1, 0.15) is 122 Å². The Morgan fingerprint density at radius 2 is 1.12 bits per heavy atom. The van der Waals surface area contributed by atoms with Crippen LogP contribution in [-0.2, 0) is 11.3 Å². The molecule has 0 fully saturated rings. The molecule has 0 atom stereocenters. The van der Waals surface area contributed by atoms with Crippen LogP contribution in [-0.4, -0.2) is 0 Å². The van der Waals surface area contributed by atoms with Crippen LogP contribution in [0, 0.1) is 0 Å². The van der Waals surface area contributed by atoms with Crippen LogP contribution < -0.4 is 0 Å². The molecule has 150 valence electrons. The summed E-state index contributed by atoms with van der Waals surface area (Å²) >= 11 is 6.89. The van der Waals surface area contributed by atoms with E-state index in [-0.39, 0.29) is 4.87 Å². The molecule has 0 saturated carbocycles. The lowest BCUT2D eigenvalue weighted by molar-refractivity contribution is 0.539. The van der Waals surface area contributed by atoms with Crippen LogP contribution in [0.4, 0.5) is 0 Å². The number of unbranched alkanes of at least 4 members (excludes halogenated alkanes) is 11. The van der Waals surface area contributed by atoms with Crippen molar-refractivity contribution < 1.29 is 0 Å². The van der Waals surface area contributed by atoms with Crippen LogP contribution in [0.5, 0.6) is 0 Å². The molecule has 1 aromatic rings. The first kappa shape index (κ1) is 23.5. The Labute approximate surface area is 169 Å². The molecular formula is C25H43Cl. The minimum Gasteiger partial charge on any atom is -0.114 e. The van der Waals surface area contributed by atoms with Crippen molar-refractivity contribution >= 4 is 11.6 Å². The van der Waals surface area contributed by atoms with Crippen LogP contribution in [0.25, 0.3) is 0 Å². The van der Waals surface area contributed by atoms with Crippen LogP contribution in [0.2, 0.25) is 0 Å². The van der Waals surface area contributed by atoms with Crippen molar-refractivity contribution in [3.63, 3.8) is 0 Å². The normalized spacial score (nSPS) is 11.8. The molecule has 0 heterocycles. The van der Waals surface area contributed by atoms with Gasteiger partial charge in [-0.15, -0.1) is 11.6 Å². The van der Waals surface area contributed by atoms with E-state index in [0.717, 1.165) is 12.8 Å². The molecule has 0 unspecified atom stereocenters. The van der Waals surface area contributed by atoms with E-state index in [2.05, 4.69) is 45.0 Å². The standard InChI is InChI=1S/C25H43Cl/c1-4-7-8-9-10-11-12-13-14-15-16-17-20-23-21-18-19-22-24(23)25(26,5-2)6-3/h18-19,21-22H,4-17,20H2,1-3H3. The lowest BCUT2D eigenvalue weighted by Crippen LogP contribution is -2.18. The lowest BCUT2D eigenvalue weighted by Gasteiger charge is -2.27. The number of rotatable bonds is 16. The summed E-state index contributed by atoms with van der Waals surface area (Å²) < 4.78 is 0. The van der Waals surface area contributed by atoms with Gasteiger partial charge in [0.2, 0.25) is 0 Å². The molecule has 1 aromatic carbocycles. The minimum atomic E-state index is -0.173. The van der Waals surface area contributed by atoms with Gasteiger partial charge >= 0.3 is 0 Å². The van der Waals surface area contributed by atoms with Crippen molar-refractivity contribution in [2.45, 2.75) is 122 Å². The first-order valence-corrected chi connectivity index (χ1v) is 11.8. The maximum atomic E-state index is 6.89. The second-order valence-electron chi connectivity index (χ2n) is 7.97. The summed E-state index contributed by atoms with van der Waals surface area (Å²) in [5.74, 6) is 0. The number of aryl methyl sites for hydroxylation is 1. The predicted molar refractivity (Wildman–Crippen MR) is 119 cm³/mol. The topological polar surface area (TPSA) is 0 Å². The summed E-state index contributed by atoms with van der Waals surface area (Å²) in [6, 6.07) is 8.84. The first-order valence-electron chi connectivity index (χ1n) is 11.4. The maximum Gasteiger partial charge on any atom is 0.0692 e. The molecule has 0 spiro atoms. The zero-order chi connectivity index (χ0) is 19.1. The quantitative estimate of drug-likeness (QED) is 0.198. The molecule has 0 aliphatic rings. The van der Waals surface area contributed by atoms with Gasteiger partial charge in [0, 0.05) is 0 Å². The van der Waals surface area contributed by atoms with E-state index in [9.17, 15) is 0 Å². The van der Waals surface area contributed by atoms with E-state index >= 15 is 0 Å². The molecule has 1 heteroatoms. The molecule has 26 heavy (non-hydrogen) atoms. The molecule has 0 aliphatic heterocycles. The Morgan fingerprint density at radius 3 is 1.62 bits per heavy atom. The number of benzene rings is 1. The molecule has 0 aliphatic carbocycles. The highest BCUT2D eigenvalue weighted by Gasteiger charge is 2.27. The molecule has 0 N–H and O–H groups in total. The Kier molecular flexibility index (Phi) is 13.2. The van der Waals surface area contributed by atoms with Crippen molar-refractivity contribution in [2.24, 2.45) is 0 Å². The summed E-state index contributed by atoms with van der Waals surface area (Å²) in [4.78, 5) is -0.173. The second kappa shape index (κ2) is 14.6. The Balaban J connectivity index is 2.15.